The Bertz CT molecular complexity index is 803. The highest BCUT2D eigenvalue weighted by Crippen LogP contribution is 2.31. The van der Waals surface area contributed by atoms with Crippen molar-refractivity contribution in [2.24, 2.45) is 0 Å². The van der Waals surface area contributed by atoms with E-state index in [1.807, 2.05) is 32.4 Å². The number of aromatic nitrogens is 2. The Labute approximate surface area is 135 Å². The van der Waals surface area contributed by atoms with Crippen LogP contribution in [-0.4, -0.2) is 42.1 Å². The van der Waals surface area contributed by atoms with Crippen molar-refractivity contribution in [2.75, 3.05) is 32.5 Å². The molecule has 1 N–H and O–H groups in total. The highest BCUT2D eigenvalue weighted by Gasteiger charge is 2.10. The molecule has 3 aromatic rings. The molecule has 0 radical (unpaired) electrons. The Morgan fingerprint density at radius 2 is 2.00 bits per heavy atom. The van der Waals surface area contributed by atoms with Crippen LogP contribution < -0.4 is 5.32 Å². The number of fused-ring (bicyclic) bond motifs is 1. The molecule has 0 atom stereocenters. The lowest BCUT2D eigenvalue weighted by atomic mass is 10.0. The largest absolute Gasteiger partial charge is 0.368 e. The number of hydrogen-bond donors (Lipinski definition) is 1. The van der Waals surface area contributed by atoms with Crippen LogP contribution in [0.25, 0.3) is 21.9 Å². The van der Waals surface area contributed by atoms with E-state index in [-0.39, 0.29) is 5.82 Å². The first-order valence-electron chi connectivity index (χ1n) is 7.52. The lowest BCUT2D eigenvalue weighted by molar-refractivity contribution is 0.425. The second-order valence-corrected chi connectivity index (χ2v) is 5.68. The first-order valence-corrected chi connectivity index (χ1v) is 7.52. The minimum atomic E-state index is -0.265. The van der Waals surface area contributed by atoms with E-state index in [1.165, 1.54) is 12.1 Å². The number of anilines is 1. The molecule has 0 aliphatic carbocycles. The van der Waals surface area contributed by atoms with Gasteiger partial charge in [-0.3, -0.25) is 4.98 Å². The van der Waals surface area contributed by atoms with E-state index in [9.17, 15) is 4.39 Å². The summed E-state index contributed by atoms with van der Waals surface area (Å²) in [6.07, 6.45) is 5.34. The molecule has 0 saturated carbocycles. The summed E-state index contributed by atoms with van der Waals surface area (Å²) in [5, 5.41) is 5.03. The second-order valence-electron chi connectivity index (χ2n) is 5.68. The molecule has 5 heteroatoms. The third kappa shape index (κ3) is 3.46. The molecule has 0 spiro atoms. The van der Waals surface area contributed by atoms with Crippen molar-refractivity contribution in [1.82, 2.24) is 14.9 Å². The Balaban J connectivity index is 2.05. The van der Waals surface area contributed by atoms with Gasteiger partial charge in [-0.1, -0.05) is 12.1 Å². The molecule has 0 amide bonds. The molecule has 118 valence electrons. The molecule has 2 heterocycles. The van der Waals surface area contributed by atoms with Crippen LogP contribution in [0.15, 0.2) is 48.9 Å². The van der Waals surface area contributed by atoms with Gasteiger partial charge in [-0.25, -0.2) is 9.37 Å². The SMILES string of the molecule is CN(C)CCNc1ncc(-c2cccnc2)c2ccc(F)cc12. The van der Waals surface area contributed by atoms with Gasteiger partial charge in [-0.2, -0.15) is 0 Å². The molecule has 3 rings (SSSR count). The van der Waals surface area contributed by atoms with Gasteiger partial charge < -0.3 is 10.2 Å². The average molecular weight is 310 g/mol. The summed E-state index contributed by atoms with van der Waals surface area (Å²) in [7, 11) is 4.02. The minimum Gasteiger partial charge on any atom is -0.368 e. The first-order chi connectivity index (χ1) is 11.1. The Hall–Kier alpha value is -2.53. The molecular weight excluding hydrogens is 291 g/mol. The summed E-state index contributed by atoms with van der Waals surface area (Å²) in [5.74, 6) is 0.437. The quantitative estimate of drug-likeness (QED) is 0.784. The molecule has 0 saturated heterocycles. The zero-order valence-corrected chi connectivity index (χ0v) is 13.3. The van der Waals surface area contributed by atoms with E-state index in [1.54, 1.807) is 18.5 Å². The fourth-order valence-electron chi connectivity index (χ4n) is 2.51. The third-order valence-electron chi connectivity index (χ3n) is 3.67. The van der Waals surface area contributed by atoms with Gasteiger partial charge in [-0.15, -0.1) is 0 Å². The minimum absolute atomic E-state index is 0.265. The molecule has 0 fully saturated rings. The summed E-state index contributed by atoms with van der Waals surface area (Å²) in [6, 6.07) is 8.66. The van der Waals surface area contributed by atoms with Crippen molar-refractivity contribution >= 4 is 16.6 Å². The van der Waals surface area contributed by atoms with Crippen LogP contribution in [0.2, 0.25) is 0 Å². The van der Waals surface area contributed by atoms with Crippen LogP contribution in [0.5, 0.6) is 0 Å². The van der Waals surface area contributed by atoms with E-state index in [4.69, 9.17) is 0 Å². The molecule has 0 bridgehead atoms. The Morgan fingerprint density at radius 3 is 2.74 bits per heavy atom. The Kier molecular flexibility index (Phi) is 4.48. The van der Waals surface area contributed by atoms with Gasteiger partial charge in [0.25, 0.3) is 0 Å². The maximum Gasteiger partial charge on any atom is 0.134 e. The second kappa shape index (κ2) is 6.71. The highest BCUT2D eigenvalue weighted by atomic mass is 19.1. The van der Waals surface area contributed by atoms with Crippen LogP contribution in [-0.2, 0) is 0 Å². The molecule has 0 aliphatic rings. The van der Waals surface area contributed by atoms with E-state index >= 15 is 0 Å². The molecule has 4 nitrogen and oxygen atoms in total. The van der Waals surface area contributed by atoms with Crippen molar-refractivity contribution in [3.63, 3.8) is 0 Å². The number of hydrogen-bond acceptors (Lipinski definition) is 4. The predicted molar refractivity (Wildman–Crippen MR) is 92.0 cm³/mol. The topological polar surface area (TPSA) is 41.0 Å². The number of rotatable bonds is 5. The number of halogens is 1. The van der Waals surface area contributed by atoms with Crippen LogP contribution in [0.1, 0.15) is 0 Å². The van der Waals surface area contributed by atoms with Crippen LogP contribution in [0, 0.1) is 5.82 Å². The smallest absolute Gasteiger partial charge is 0.134 e. The zero-order valence-electron chi connectivity index (χ0n) is 13.3. The molecule has 2 aromatic heterocycles. The van der Waals surface area contributed by atoms with Gasteiger partial charge in [0.1, 0.15) is 11.6 Å². The van der Waals surface area contributed by atoms with Crippen molar-refractivity contribution < 1.29 is 4.39 Å². The van der Waals surface area contributed by atoms with Crippen molar-refractivity contribution in [3.05, 3.63) is 54.7 Å². The maximum atomic E-state index is 13.7. The first kappa shape index (κ1) is 15.4. The summed E-state index contributed by atoms with van der Waals surface area (Å²) >= 11 is 0. The standard InChI is InChI=1S/C18H19FN4/c1-23(2)9-8-21-18-16-10-14(19)5-6-15(16)17(12-22-18)13-4-3-7-20-11-13/h3-7,10-12H,8-9H2,1-2H3,(H,21,22). The number of benzene rings is 1. The summed E-state index contributed by atoms with van der Waals surface area (Å²) in [4.78, 5) is 10.7. The number of nitrogens with zero attached hydrogens (tertiary/aromatic N) is 3. The maximum absolute atomic E-state index is 13.7. The number of nitrogens with one attached hydrogen (secondary N) is 1. The monoisotopic (exact) mass is 310 g/mol. The van der Waals surface area contributed by atoms with Gasteiger partial charge in [0.15, 0.2) is 0 Å². The van der Waals surface area contributed by atoms with Gasteiger partial charge in [0.2, 0.25) is 0 Å². The molecule has 0 aliphatic heterocycles. The fraction of sp³-hybridized carbons (Fsp3) is 0.222. The van der Waals surface area contributed by atoms with E-state index in [2.05, 4.69) is 20.2 Å². The summed E-state index contributed by atoms with van der Waals surface area (Å²) < 4.78 is 13.7. The summed E-state index contributed by atoms with van der Waals surface area (Å²) in [6.45, 7) is 1.63. The van der Waals surface area contributed by atoms with E-state index in [0.29, 0.717) is 5.82 Å². The lowest BCUT2D eigenvalue weighted by Gasteiger charge is -2.14. The highest BCUT2D eigenvalue weighted by molar-refractivity contribution is 6.01. The predicted octanol–water partition coefficient (Wildman–Crippen LogP) is 3.41. The van der Waals surface area contributed by atoms with E-state index < -0.39 is 0 Å². The van der Waals surface area contributed by atoms with Gasteiger partial charge in [0, 0.05) is 48.2 Å². The lowest BCUT2D eigenvalue weighted by Crippen LogP contribution is -2.21. The van der Waals surface area contributed by atoms with Gasteiger partial charge in [0.05, 0.1) is 0 Å². The van der Waals surface area contributed by atoms with Gasteiger partial charge >= 0.3 is 0 Å². The van der Waals surface area contributed by atoms with Gasteiger partial charge in [-0.05, 0) is 37.7 Å². The molecule has 0 unspecified atom stereocenters. The van der Waals surface area contributed by atoms with Crippen molar-refractivity contribution in [3.8, 4) is 11.1 Å². The van der Waals surface area contributed by atoms with Crippen LogP contribution >= 0.6 is 0 Å². The number of pyridine rings is 2. The molecular formula is C18H19FN4. The summed E-state index contributed by atoms with van der Waals surface area (Å²) in [5.41, 5.74) is 1.92. The molecule has 1 aromatic carbocycles. The van der Waals surface area contributed by atoms with Crippen LogP contribution in [0.3, 0.4) is 0 Å². The third-order valence-corrected chi connectivity index (χ3v) is 3.67. The fourth-order valence-corrected chi connectivity index (χ4v) is 2.51. The van der Waals surface area contributed by atoms with Crippen molar-refractivity contribution in [1.29, 1.82) is 0 Å². The van der Waals surface area contributed by atoms with E-state index in [0.717, 1.165) is 35.0 Å². The normalized spacial score (nSPS) is 11.1. The zero-order chi connectivity index (χ0) is 16.2. The van der Waals surface area contributed by atoms with Crippen molar-refractivity contribution in [2.45, 2.75) is 0 Å². The average Bonchev–Trinajstić information content (AvgIpc) is 2.55. The number of likely N-dealkylation sites (N-methyl/N-ethyl adjacent to an activating group) is 1. The Morgan fingerprint density at radius 1 is 1.13 bits per heavy atom. The molecule has 23 heavy (non-hydrogen) atoms. The van der Waals surface area contributed by atoms with Crippen LogP contribution in [0.4, 0.5) is 10.2 Å².